The Bertz CT molecular complexity index is 1210. The minimum absolute atomic E-state index is 0.144. The molecule has 2 aromatic carbocycles. The lowest BCUT2D eigenvalue weighted by molar-refractivity contribution is -0.140. The van der Waals surface area contributed by atoms with E-state index in [1.54, 1.807) is 17.0 Å². The fraction of sp³-hybridized carbons (Fsp3) is 0.333. The molecule has 0 atom stereocenters. The molecule has 0 aliphatic carbocycles. The fourth-order valence-corrected chi connectivity index (χ4v) is 3.81. The number of nitrogens with one attached hydrogen (secondary N) is 2. The number of piperidine rings is 1. The zero-order chi connectivity index (χ0) is 23.1. The number of aliphatic hydroxyl groups is 1. The summed E-state index contributed by atoms with van der Waals surface area (Å²) in [6, 6.07) is 7.41. The predicted octanol–water partition coefficient (Wildman–Crippen LogP) is 3.64. The van der Waals surface area contributed by atoms with Gasteiger partial charge in [-0.25, -0.2) is 9.18 Å². The molecule has 1 amide bonds. The third-order valence-electron chi connectivity index (χ3n) is 5.51. The molecule has 0 radical (unpaired) electrons. The molecule has 0 spiro atoms. The van der Waals surface area contributed by atoms with Crippen LogP contribution in [0.4, 0.5) is 28.9 Å². The van der Waals surface area contributed by atoms with Crippen LogP contribution in [0, 0.1) is 5.82 Å². The maximum atomic E-state index is 13.5. The lowest BCUT2D eigenvalue weighted by Crippen LogP contribution is -2.46. The van der Waals surface area contributed by atoms with Gasteiger partial charge in [0.05, 0.1) is 23.1 Å². The Kier molecular flexibility index (Phi) is 5.45. The lowest BCUT2D eigenvalue weighted by atomic mass is 9.87. The first-order valence-electron chi connectivity index (χ1n) is 9.79. The van der Waals surface area contributed by atoms with Crippen molar-refractivity contribution in [3.05, 3.63) is 58.3 Å². The largest absolute Gasteiger partial charge is 0.419 e. The van der Waals surface area contributed by atoms with Gasteiger partial charge in [-0.15, -0.1) is 0 Å². The Morgan fingerprint density at radius 1 is 1.19 bits per heavy atom. The van der Waals surface area contributed by atoms with E-state index in [-0.39, 0.29) is 43.6 Å². The number of halogens is 4. The number of aromatic amines is 1. The van der Waals surface area contributed by atoms with Crippen molar-refractivity contribution < 1.29 is 31.9 Å². The second-order valence-corrected chi connectivity index (χ2v) is 7.82. The van der Waals surface area contributed by atoms with E-state index in [4.69, 9.17) is 4.42 Å². The quantitative estimate of drug-likeness (QED) is 0.524. The van der Waals surface area contributed by atoms with E-state index in [0.29, 0.717) is 11.2 Å². The third kappa shape index (κ3) is 4.62. The zero-order valence-electron chi connectivity index (χ0n) is 16.6. The van der Waals surface area contributed by atoms with Gasteiger partial charge in [0.1, 0.15) is 5.82 Å². The van der Waals surface area contributed by atoms with E-state index >= 15 is 0 Å². The van der Waals surface area contributed by atoms with Crippen LogP contribution in [-0.4, -0.2) is 34.7 Å². The third-order valence-corrected chi connectivity index (χ3v) is 5.51. The van der Waals surface area contributed by atoms with E-state index in [9.17, 15) is 32.3 Å². The van der Waals surface area contributed by atoms with Crippen molar-refractivity contribution in [3.8, 4) is 0 Å². The number of alkyl halides is 3. The monoisotopic (exact) mass is 453 g/mol. The molecule has 7 nitrogen and oxygen atoms in total. The number of nitrogens with zero attached hydrogens (tertiary/aromatic N) is 1. The molecular weight excluding hydrogens is 434 g/mol. The number of carbonyl (C=O) groups excluding carboxylic acids is 1. The van der Waals surface area contributed by atoms with Crippen LogP contribution >= 0.6 is 0 Å². The second-order valence-electron chi connectivity index (χ2n) is 7.82. The molecule has 1 saturated heterocycles. The Balaban J connectivity index is 1.38. The summed E-state index contributed by atoms with van der Waals surface area (Å²) < 4.78 is 57.3. The van der Waals surface area contributed by atoms with Gasteiger partial charge in [0.25, 0.3) is 0 Å². The fourth-order valence-electron chi connectivity index (χ4n) is 3.81. The molecule has 1 aliphatic rings. The number of H-pyrrole nitrogens is 1. The number of benzene rings is 2. The van der Waals surface area contributed by atoms with Gasteiger partial charge in [-0.3, -0.25) is 9.78 Å². The smallest absolute Gasteiger partial charge is 0.408 e. The van der Waals surface area contributed by atoms with Gasteiger partial charge in [-0.1, -0.05) is 0 Å². The summed E-state index contributed by atoms with van der Waals surface area (Å²) in [6.45, 7) is 0.403. The van der Waals surface area contributed by atoms with Crippen LogP contribution in [0.1, 0.15) is 24.8 Å². The van der Waals surface area contributed by atoms with Gasteiger partial charge >= 0.3 is 11.9 Å². The number of carbonyl (C=O) groups is 1. The summed E-state index contributed by atoms with van der Waals surface area (Å²) in [6.07, 6.45) is -4.73. The summed E-state index contributed by atoms with van der Waals surface area (Å²) in [5, 5.41) is 13.4. The number of hydrogen-bond acceptors (Lipinski definition) is 5. The van der Waals surface area contributed by atoms with Crippen molar-refractivity contribution in [2.45, 2.75) is 31.0 Å². The number of anilines is 2. The highest BCUT2D eigenvalue weighted by Gasteiger charge is 2.37. The summed E-state index contributed by atoms with van der Waals surface area (Å²) in [5.74, 6) is -2.42. The molecule has 0 unspecified atom stereocenters. The number of aromatic nitrogens is 1. The van der Waals surface area contributed by atoms with Gasteiger partial charge in [-0.05, 0) is 43.2 Å². The Morgan fingerprint density at radius 2 is 1.91 bits per heavy atom. The predicted molar refractivity (Wildman–Crippen MR) is 108 cm³/mol. The van der Waals surface area contributed by atoms with Crippen molar-refractivity contribution in [1.29, 1.82) is 0 Å². The highest BCUT2D eigenvalue weighted by Crippen LogP contribution is 2.35. The summed E-state index contributed by atoms with van der Waals surface area (Å²) in [7, 11) is 0. The highest BCUT2D eigenvalue weighted by atomic mass is 19.4. The van der Waals surface area contributed by atoms with Crippen molar-refractivity contribution in [2.75, 3.05) is 23.3 Å². The molecule has 2 heterocycles. The van der Waals surface area contributed by atoms with Crippen LogP contribution in [0.15, 0.2) is 45.6 Å². The van der Waals surface area contributed by atoms with Crippen LogP contribution in [0.2, 0.25) is 0 Å². The molecule has 32 heavy (non-hydrogen) atoms. The van der Waals surface area contributed by atoms with Crippen molar-refractivity contribution in [2.24, 2.45) is 0 Å². The van der Waals surface area contributed by atoms with Gasteiger partial charge in [0.15, 0.2) is 5.58 Å². The SMILES string of the molecule is O=C(CC1(O)CCN(c2ccc(F)c(C(F)(F)F)c2)CC1)Nc1ccc2[nH]c(=O)oc2c1. The number of oxazole rings is 1. The molecule has 0 saturated carbocycles. The van der Waals surface area contributed by atoms with Crippen LogP contribution in [0.3, 0.4) is 0 Å². The molecule has 4 rings (SSSR count). The number of hydrogen-bond donors (Lipinski definition) is 3. The first kappa shape index (κ1) is 21.9. The Labute approximate surface area is 178 Å². The second kappa shape index (κ2) is 7.97. The topological polar surface area (TPSA) is 98.6 Å². The van der Waals surface area contributed by atoms with E-state index in [1.807, 2.05) is 0 Å². The minimum atomic E-state index is -4.80. The average molecular weight is 453 g/mol. The van der Waals surface area contributed by atoms with Gasteiger partial charge in [0, 0.05) is 30.5 Å². The minimum Gasteiger partial charge on any atom is -0.408 e. The van der Waals surface area contributed by atoms with Gasteiger partial charge in [-0.2, -0.15) is 13.2 Å². The maximum Gasteiger partial charge on any atom is 0.419 e. The number of amides is 1. The normalized spacial score (nSPS) is 16.3. The maximum absolute atomic E-state index is 13.5. The van der Waals surface area contributed by atoms with E-state index in [2.05, 4.69) is 10.3 Å². The Morgan fingerprint density at radius 3 is 2.59 bits per heavy atom. The molecular formula is C21H19F4N3O4. The van der Waals surface area contributed by atoms with Gasteiger partial charge in [0.2, 0.25) is 5.91 Å². The van der Waals surface area contributed by atoms with Crippen molar-refractivity contribution in [3.63, 3.8) is 0 Å². The van der Waals surface area contributed by atoms with Gasteiger partial charge < -0.3 is 19.7 Å². The van der Waals surface area contributed by atoms with Crippen molar-refractivity contribution >= 4 is 28.4 Å². The summed E-state index contributed by atoms with van der Waals surface area (Å²) in [4.78, 5) is 27.7. The molecule has 11 heteroatoms. The highest BCUT2D eigenvalue weighted by molar-refractivity contribution is 5.93. The molecule has 170 valence electrons. The first-order valence-corrected chi connectivity index (χ1v) is 9.79. The number of fused-ring (bicyclic) bond motifs is 1. The molecule has 3 N–H and O–H groups in total. The van der Waals surface area contributed by atoms with Crippen LogP contribution in [-0.2, 0) is 11.0 Å². The van der Waals surface area contributed by atoms with Crippen LogP contribution in [0.25, 0.3) is 11.1 Å². The lowest BCUT2D eigenvalue weighted by Gasteiger charge is -2.39. The van der Waals surface area contributed by atoms with E-state index in [1.165, 1.54) is 12.1 Å². The van der Waals surface area contributed by atoms with E-state index < -0.39 is 34.8 Å². The summed E-state index contributed by atoms with van der Waals surface area (Å²) >= 11 is 0. The molecule has 0 bridgehead atoms. The molecule has 1 aliphatic heterocycles. The number of rotatable bonds is 4. The van der Waals surface area contributed by atoms with Crippen molar-refractivity contribution in [1.82, 2.24) is 4.98 Å². The average Bonchev–Trinajstić information content (AvgIpc) is 3.07. The molecule has 3 aromatic rings. The van der Waals surface area contributed by atoms with Crippen LogP contribution in [0.5, 0.6) is 0 Å². The summed E-state index contributed by atoms with van der Waals surface area (Å²) in [5.41, 5.74) is -1.34. The van der Waals surface area contributed by atoms with E-state index in [0.717, 1.165) is 12.1 Å². The first-order chi connectivity index (χ1) is 15.0. The Hall–Kier alpha value is -3.34. The molecule has 1 aromatic heterocycles. The van der Waals surface area contributed by atoms with Crippen LogP contribution < -0.4 is 16.0 Å². The zero-order valence-corrected chi connectivity index (χ0v) is 16.6. The molecule has 1 fully saturated rings. The standard InChI is InChI=1S/C21H19F4N3O4/c22-15-3-2-13(10-14(15)21(23,24)25)28-7-5-20(31,6-8-28)11-18(29)26-12-1-4-16-17(9-12)32-19(30)27-16/h1-4,9-10,31H,5-8,11H2,(H,26,29)(H,27,30).